The molecule has 1 atom stereocenters. The van der Waals surface area contributed by atoms with E-state index in [1.807, 2.05) is 0 Å². The van der Waals surface area contributed by atoms with E-state index in [1.54, 1.807) is 0 Å². The van der Waals surface area contributed by atoms with Crippen LogP contribution in [0, 0.1) is 0 Å². The Kier molecular flexibility index (Phi) is 5.21. The van der Waals surface area contributed by atoms with Crippen molar-refractivity contribution in [2.45, 2.75) is 26.8 Å². The van der Waals surface area contributed by atoms with Crippen LogP contribution in [0.1, 0.15) is 20.8 Å². The van der Waals surface area contributed by atoms with Crippen LogP contribution in [0.4, 0.5) is 0 Å². The van der Waals surface area contributed by atoms with Crippen molar-refractivity contribution < 1.29 is 0 Å². The molecule has 56 valence electrons. The van der Waals surface area contributed by atoms with Crippen LogP contribution in [0.5, 0.6) is 0 Å². The second-order valence-electron chi connectivity index (χ2n) is 2.22. The summed E-state index contributed by atoms with van der Waals surface area (Å²) < 4.78 is 0. The van der Waals surface area contributed by atoms with E-state index < -0.39 is 0 Å². The van der Waals surface area contributed by atoms with Crippen molar-refractivity contribution in [1.82, 2.24) is 4.90 Å². The van der Waals surface area contributed by atoms with Crippen molar-refractivity contribution in [2.24, 2.45) is 0 Å². The maximum atomic E-state index is 5.66. The van der Waals surface area contributed by atoms with Gasteiger partial charge in [0.1, 0.15) is 0 Å². The summed E-state index contributed by atoms with van der Waals surface area (Å²) in [5.41, 5.74) is 0. The normalized spacial score (nSPS) is 14.3. The van der Waals surface area contributed by atoms with Crippen LogP contribution in [0.15, 0.2) is 0 Å². The van der Waals surface area contributed by atoms with Gasteiger partial charge >= 0.3 is 0 Å². The van der Waals surface area contributed by atoms with E-state index in [9.17, 15) is 0 Å². The molecule has 0 aromatic rings. The molecule has 9 heavy (non-hydrogen) atoms. The van der Waals surface area contributed by atoms with Crippen LogP contribution >= 0.6 is 11.6 Å². The molecule has 0 radical (unpaired) electrons. The average molecular weight is 150 g/mol. The molecule has 2 heteroatoms. The Labute approximate surface area is 63.0 Å². The Hall–Kier alpha value is 0.250. The minimum Gasteiger partial charge on any atom is -0.300 e. The second kappa shape index (κ2) is 5.07. The summed E-state index contributed by atoms with van der Waals surface area (Å²) in [5, 5.41) is 0. The molecule has 0 rings (SSSR count). The van der Waals surface area contributed by atoms with Gasteiger partial charge in [-0.25, -0.2) is 0 Å². The Balaban J connectivity index is 3.50. The summed E-state index contributed by atoms with van der Waals surface area (Å²) in [6.45, 7) is 8.67. The molecule has 0 amide bonds. The first kappa shape index (κ1) is 9.25. The molecule has 1 nitrogen and oxygen atoms in total. The molecule has 0 spiro atoms. The van der Waals surface area contributed by atoms with Gasteiger partial charge in [-0.1, -0.05) is 13.8 Å². The third kappa shape index (κ3) is 3.07. The predicted molar refractivity (Wildman–Crippen MR) is 43.1 cm³/mol. The van der Waals surface area contributed by atoms with Gasteiger partial charge in [0.2, 0.25) is 0 Å². The average Bonchev–Trinajstić information content (AvgIpc) is 1.90. The smallest absolute Gasteiger partial charge is 0.0376 e. The maximum absolute atomic E-state index is 5.66. The molecule has 0 aromatic carbocycles. The van der Waals surface area contributed by atoms with Gasteiger partial charge in [-0.2, -0.15) is 0 Å². The SMILES string of the molecule is CCN(CC)C(C)CCl. The Morgan fingerprint density at radius 2 is 1.78 bits per heavy atom. The Bertz CT molecular complexity index is 61.9. The molecule has 0 aliphatic heterocycles. The van der Waals surface area contributed by atoms with Crippen LogP contribution in [0.2, 0.25) is 0 Å². The van der Waals surface area contributed by atoms with E-state index in [2.05, 4.69) is 25.7 Å². The van der Waals surface area contributed by atoms with Gasteiger partial charge in [-0.3, -0.25) is 0 Å². The summed E-state index contributed by atoms with van der Waals surface area (Å²) >= 11 is 5.66. The number of alkyl halides is 1. The largest absolute Gasteiger partial charge is 0.300 e. The monoisotopic (exact) mass is 149 g/mol. The lowest BCUT2D eigenvalue weighted by Gasteiger charge is -2.23. The summed E-state index contributed by atoms with van der Waals surface area (Å²) in [5.74, 6) is 0.738. The van der Waals surface area contributed by atoms with Gasteiger partial charge in [-0.15, -0.1) is 11.6 Å². The molecule has 0 heterocycles. The molecular formula is C7H16ClN. The molecule has 0 aliphatic carbocycles. The third-order valence-electron chi connectivity index (χ3n) is 1.66. The first-order valence-electron chi connectivity index (χ1n) is 3.56. The Morgan fingerprint density at radius 1 is 1.33 bits per heavy atom. The van der Waals surface area contributed by atoms with Crippen molar-refractivity contribution in [3.05, 3.63) is 0 Å². The lowest BCUT2D eigenvalue weighted by Crippen LogP contribution is -2.33. The van der Waals surface area contributed by atoms with Crippen molar-refractivity contribution in [2.75, 3.05) is 19.0 Å². The van der Waals surface area contributed by atoms with E-state index in [-0.39, 0.29) is 0 Å². The van der Waals surface area contributed by atoms with Crippen molar-refractivity contribution >= 4 is 11.6 Å². The molecule has 0 aliphatic rings. The summed E-state index contributed by atoms with van der Waals surface area (Å²) in [6, 6.07) is 0.529. The standard InChI is InChI=1S/C7H16ClN/c1-4-9(5-2)7(3)6-8/h7H,4-6H2,1-3H3. The van der Waals surface area contributed by atoms with Crippen LogP contribution in [0.25, 0.3) is 0 Å². The molecule has 0 saturated heterocycles. The van der Waals surface area contributed by atoms with E-state index in [0.717, 1.165) is 19.0 Å². The van der Waals surface area contributed by atoms with Gasteiger partial charge in [-0.05, 0) is 20.0 Å². The molecule has 1 unspecified atom stereocenters. The first-order valence-corrected chi connectivity index (χ1v) is 4.09. The van der Waals surface area contributed by atoms with Gasteiger partial charge in [0.15, 0.2) is 0 Å². The number of hydrogen-bond acceptors (Lipinski definition) is 1. The van der Waals surface area contributed by atoms with Crippen LogP contribution in [-0.2, 0) is 0 Å². The predicted octanol–water partition coefficient (Wildman–Crippen LogP) is 1.96. The van der Waals surface area contributed by atoms with E-state index in [0.29, 0.717) is 6.04 Å². The van der Waals surface area contributed by atoms with Crippen molar-refractivity contribution in [3.8, 4) is 0 Å². The topological polar surface area (TPSA) is 3.24 Å². The third-order valence-corrected chi connectivity index (χ3v) is 2.11. The minimum absolute atomic E-state index is 0.529. The van der Waals surface area contributed by atoms with Crippen molar-refractivity contribution in [1.29, 1.82) is 0 Å². The summed E-state index contributed by atoms with van der Waals surface area (Å²) in [4.78, 5) is 2.34. The summed E-state index contributed by atoms with van der Waals surface area (Å²) in [7, 11) is 0. The number of hydrogen-bond donors (Lipinski definition) is 0. The highest BCUT2D eigenvalue weighted by Crippen LogP contribution is 1.98. The lowest BCUT2D eigenvalue weighted by molar-refractivity contribution is 0.249. The first-order chi connectivity index (χ1) is 4.26. The van der Waals surface area contributed by atoms with Gasteiger partial charge in [0.25, 0.3) is 0 Å². The fraction of sp³-hybridized carbons (Fsp3) is 1.00. The van der Waals surface area contributed by atoms with Crippen LogP contribution < -0.4 is 0 Å². The minimum atomic E-state index is 0.529. The zero-order chi connectivity index (χ0) is 7.28. The molecular weight excluding hydrogens is 134 g/mol. The van der Waals surface area contributed by atoms with E-state index >= 15 is 0 Å². The molecule has 0 N–H and O–H groups in total. The van der Waals surface area contributed by atoms with Crippen LogP contribution in [-0.4, -0.2) is 29.9 Å². The van der Waals surface area contributed by atoms with Gasteiger partial charge in [0, 0.05) is 11.9 Å². The molecule has 0 fully saturated rings. The fourth-order valence-electron chi connectivity index (χ4n) is 0.945. The quantitative estimate of drug-likeness (QED) is 0.553. The maximum Gasteiger partial charge on any atom is 0.0376 e. The zero-order valence-electron chi connectivity index (χ0n) is 6.52. The zero-order valence-corrected chi connectivity index (χ0v) is 7.28. The molecule has 0 aromatic heterocycles. The highest BCUT2D eigenvalue weighted by atomic mass is 35.5. The number of halogens is 1. The number of nitrogens with zero attached hydrogens (tertiary/aromatic N) is 1. The second-order valence-corrected chi connectivity index (χ2v) is 2.53. The molecule has 0 saturated carbocycles. The highest BCUT2D eigenvalue weighted by Gasteiger charge is 2.06. The van der Waals surface area contributed by atoms with Gasteiger partial charge in [0.05, 0.1) is 0 Å². The molecule has 0 bridgehead atoms. The fourth-order valence-corrected chi connectivity index (χ4v) is 1.14. The van der Waals surface area contributed by atoms with E-state index in [4.69, 9.17) is 11.6 Å². The number of rotatable bonds is 4. The Morgan fingerprint density at radius 3 is 1.89 bits per heavy atom. The highest BCUT2D eigenvalue weighted by molar-refractivity contribution is 6.18. The van der Waals surface area contributed by atoms with E-state index in [1.165, 1.54) is 0 Å². The lowest BCUT2D eigenvalue weighted by atomic mass is 10.3. The van der Waals surface area contributed by atoms with Crippen molar-refractivity contribution in [3.63, 3.8) is 0 Å². The summed E-state index contributed by atoms with van der Waals surface area (Å²) in [6.07, 6.45) is 0. The van der Waals surface area contributed by atoms with Gasteiger partial charge < -0.3 is 4.90 Å². The van der Waals surface area contributed by atoms with Crippen LogP contribution in [0.3, 0.4) is 0 Å².